The maximum absolute atomic E-state index is 10.6. The summed E-state index contributed by atoms with van der Waals surface area (Å²) in [6, 6.07) is 7.87. The van der Waals surface area contributed by atoms with E-state index in [0.717, 1.165) is 30.8 Å². The molecule has 2 N–H and O–H groups in total. The van der Waals surface area contributed by atoms with Gasteiger partial charge in [-0.05, 0) is 55.2 Å². The number of nitrogens with zero attached hydrogens (tertiary/aromatic N) is 4. The molecule has 0 amide bonds. The number of fused-ring (bicyclic) bond motifs is 4. The van der Waals surface area contributed by atoms with Crippen LogP contribution in [0.4, 0.5) is 0 Å². The quantitative estimate of drug-likeness (QED) is 0.634. The second-order valence-corrected chi connectivity index (χ2v) is 10.4. The maximum atomic E-state index is 10.6. The summed E-state index contributed by atoms with van der Waals surface area (Å²) in [5.41, 5.74) is 2.60. The summed E-state index contributed by atoms with van der Waals surface area (Å²) in [7, 11) is 0. The van der Waals surface area contributed by atoms with E-state index in [4.69, 9.17) is 4.74 Å². The molecule has 2 bridgehead atoms. The first-order chi connectivity index (χ1) is 14.8. The summed E-state index contributed by atoms with van der Waals surface area (Å²) >= 11 is 1.38. The maximum Gasteiger partial charge on any atom is 0.294 e. The molecular weight excluding hydrogens is 410 g/mol. The van der Waals surface area contributed by atoms with Gasteiger partial charge in [-0.15, -0.1) is 5.10 Å². The fourth-order valence-corrected chi connectivity index (χ4v) is 5.93. The van der Waals surface area contributed by atoms with E-state index < -0.39 is 0 Å². The molecule has 2 aliphatic heterocycles. The summed E-state index contributed by atoms with van der Waals surface area (Å²) in [6.07, 6.45) is 3.99. The normalized spacial score (nSPS) is 30.3. The largest absolute Gasteiger partial charge is 0.507 e. The van der Waals surface area contributed by atoms with Crippen molar-refractivity contribution < 1.29 is 9.84 Å². The molecule has 1 aromatic carbocycles. The standard InChI is InChI=1S/C23H29N5O2S/c1-13-7-8-28(27-13)16-5-6-18(20(29)9-16)21-25-26-22(31-21)30-17-10-19-14(2)15(3)23(4,11-17)12-24-19/h5-9,14-15,17,19,24,29H,10-12H2,1-4H3. The Labute approximate surface area is 186 Å². The second-order valence-electron chi connectivity index (χ2n) is 9.45. The molecule has 164 valence electrons. The van der Waals surface area contributed by atoms with Gasteiger partial charge in [0.2, 0.25) is 0 Å². The Morgan fingerprint density at radius 2 is 2.10 bits per heavy atom. The van der Waals surface area contributed by atoms with Crippen LogP contribution >= 0.6 is 11.3 Å². The van der Waals surface area contributed by atoms with Crippen LogP contribution in [0.1, 0.15) is 39.3 Å². The number of nitrogens with one attached hydrogen (secondary N) is 1. The molecule has 5 atom stereocenters. The highest BCUT2D eigenvalue weighted by Gasteiger charge is 2.47. The van der Waals surface area contributed by atoms with Crippen LogP contribution < -0.4 is 10.1 Å². The number of ether oxygens (including phenoxy) is 1. The smallest absolute Gasteiger partial charge is 0.294 e. The molecule has 0 spiro atoms. The molecule has 2 aromatic heterocycles. The van der Waals surface area contributed by atoms with E-state index in [1.165, 1.54) is 11.3 Å². The number of hydrogen-bond acceptors (Lipinski definition) is 7. The molecule has 1 aliphatic carbocycles. The lowest BCUT2D eigenvalue weighted by atomic mass is 9.67. The van der Waals surface area contributed by atoms with Gasteiger partial charge in [0.25, 0.3) is 5.19 Å². The third kappa shape index (κ3) is 3.72. The number of aromatic hydroxyl groups is 1. The minimum absolute atomic E-state index is 0.122. The van der Waals surface area contributed by atoms with Gasteiger partial charge in [-0.25, -0.2) is 4.68 Å². The minimum atomic E-state index is 0.122. The molecule has 7 nitrogen and oxygen atoms in total. The first-order valence-corrected chi connectivity index (χ1v) is 11.7. The van der Waals surface area contributed by atoms with Gasteiger partial charge >= 0.3 is 0 Å². The highest BCUT2D eigenvalue weighted by Crippen LogP contribution is 2.46. The van der Waals surface area contributed by atoms with E-state index in [0.29, 0.717) is 33.6 Å². The first kappa shape index (κ1) is 20.5. The Morgan fingerprint density at radius 1 is 1.26 bits per heavy atom. The van der Waals surface area contributed by atoms with Crippen LogP contribution in [0.2, 0.25) is 0 Å². The molecule has 2 saturated heterocycles. The second kappa shape index (κ2) is 7.60. The lowest BCUT2D eigenvalue weighted by Crippen LogP contribution is -2.51. The van der Waals surface area contributed by atoms with E-state index in [2.05, 4.69) is 41.4 Å². The number of phenols is 1. The summed E-state index contributed by atoms with van der Waals surface area (Å²) in [5, 5.41) is 28.5. The van der Waals surface area contributed by atoms with Gasteiger partial charge in [-0.3, -0.25) is 0 Å². The number of aryl methyl sites for hydroxylation is 1. The number of rotatable bonds is 4. The summed E-state index contributed by atoms with van der Waals surface area (Å²) < 4.78 is 8.07. The van der Waals surface area contributed by atoms with Crippen LogP contribution in [0.15, 0.2) is 30.5 Å². The average Bonchev–Trinajstić information content (AvgIpc) is 3.32. The number of hydrogen-bond donors (Lipinski definition) is 2. The monoisotopic (exact) mass is 439 g/mol. The predicted octanol–water partition coefficient (Wildman–Crippen LogP) is 4.20. The number of benzene rings is 1. The van der Waals surface area contributed by atoms with Gasteiger partial charge in [0.1, 0.15) is 11.9 Å². The highest BCUT2D eigenvalue weighted by molar-refractivity contribution is 7.16. The SMILES string of the molecule is Cc1ccn(-c2ccc(-c3nnc(OC4CC5NCC(C)(C4)C(C)C5C)s3)c(O)c2)n1. The van der Waals surface area contributed by atoms with Crippen molar-refractivity contribution in [2.75, 3.05) is 6.54 Å². The Hall–Kier alpha value is -2.45. The van der Waals surface area contributed by atoms with Gasteiger partial charge in [0.15, 0.2) is 5.01 Å². The predicted molar refractivity (Wildman–Crippen MR) is 121 cm³/mol. The highest BCUT2D eigenvalue weighted by atomic mass is 32.1. The van der Waals surface area contributed by atoms with Crippen molar-refractivity contribution in [2.45, 2.75) is 52.7 Å². The number of piperidine rings is 1. The van der Waals surface area contributed by atoms with Gasteiger partial charge < -0.3 is 15.2 Å². The molecule has 5 unspecified atom stereocenters. The molecule has 31 heavy (non-hydrogen) atoms. The van der Waals surface area contributed by atoms with Gasteiger partial charge in [-0.1, -0.05) is 37.2 Å². The molecule has 3 aliphatic rings. The molecule has 3 fully saturated rings. The van der Waals surface area contributed by atoms with Crippen molar-refractivity contribution in [3.63, 3.8) is 0 Å². The number of phenolic OH excluding ortho intramolecular Hbond substituents is 1. The minimum Gasteiger partial charge on any atom is -0.507 e. The van der Waals surface area contributed by atoms with E-state index in [9.17, 15) is 5.11 Å². The van der Waals surface area contributed by atoms with E-state index >= 15 is 0 Å². The van der Waals surface area contributed by atoms with Crippen LogP contribution in [0.25, 0.3) is 16.3 Å². The third-order valence-electron chi connectivity index (χ3n) is 7.37. The molecule has 0 radical (unpaired) electrons. The van der Waals surface area contributed by atoms with Crippen LogP contribution in [0.5, 0.6) is 10.9 Å². The van der Waals surface area contributed by atoms with E-state index in [1.807, 2.05) is 31.3 Å². The lowest BCUT2D eigenvalue weighted by molar-refractivity contribution is 0.0694. The fraction of sp³-hybridized carbons (Fsp3) is 0.522. The zero-order chi connectivity index (χ0) is 21.8. The van der Waals surface area contributed by atoms with Crippen molar-refractivity contribution in [1.82, 2.24) is 25.3 Å². The average molecular weight is 440 g/mol. The van der Waals surface area contributed by atoms with Crippen LogP contribution in [-0.4, -0.2) is 43.8 Å². The molecule has 8 heteroatoms. The fourth-order valence-electron chi connectivity index (χ4n) is 5.14. The van der Waals surface area contributed by atoms with Crippen molar-refractivity contribution >= 4 is 11.3 Å². The zero-order valence-corrected chi connectivity index (χ0v) is 19.2. The van der Waals surface area contributed by atoms with Crippen molar-refractivity contribution in [3.8, 4) is 27.2 Å². The summed E-state index contributed by atoms with van der Waals surface area (Å²) in [6.45, 7) is 10.1. The molecule has 4 heterocycles. The third-order valence-corrected chi connectivity index (χ3v) is 8.22. The zero-order valence-electron chi connectivity index (χ0n) is 18.4. The van der Waals surface area contributed by atoms with Gasteiger partial charge in [0.05, 0.1) is 16.9 Å². The summed E-state index contributed by atoms with van der Waals surface area (Å²) in [5.74, 6) is 1.44. The molecule has 1 saturated carbocycles. The molecule has 6 rings (SSSR count). The molecular formula is C23H29N5O2S. The summed E-state index contributed by atoms with van der Waals surface area (Å²) in [4.78, 5) is 0. The van der Waals surface area contributed by atoms with Gasteiger partial charge in [0, 0.05) is 24.8 Å². The van der Waals surface area contributed by atoms with E-state index in [-0.39, 0.29) is 17.3 Å². The topological polar surface area (TPSA) is 85.1 Å². The Bertz CT molecular complexity index is 1100. The molecule has 3 aromatic rings. The van der Waals surface area contributed by atoms with E-state index in [1.54, 1.807) is 10.7 Å². The van der Waals surface area contributed by atoms with Gasteiger partial charge in [-0.2, -0.15) is 5.10 Å². The van der Waals surface area contributed by atoms with Crippen LogP contribution in [-0.2, 0) is 0 Å². The van der Waals surface area contributed by atoms with Crippen molar-refractivity contribution in [2.24, 2.45) is 17.3 Å². The first-order valence-electron chi connectivity index (χ1n) is 10.9. The Balaban J connectivity index is 1.34. The lowest BCUT2D eigenvalue weighted by Gasteiger charge is -2.44. The van der Waals surface area contributed by atoms with Crippen LogP contribution in [0.3, 0.4) is 0 Å². The van der Waals surface area contributed by atoms with Crippen molar-refractivity contribution in [1.29, 1.82) is 0 Å². The van der Waals surface area contributed by atoms with Crippen molar-refractivity contribution in [3.05, 3.63) is 36.2 Å². The van der Waals surface area contributed by atoms with Crippen LogP contribution in [0, 0.1) is 24.2 Å². The Morgan fingerprint density at radius 3 is 2.84 bits per heavy atom. The number of aromatic nitrogens is 4. The Kier molecular flexibility index (Phi) is 5.01.